The maximum Gasteiger partial charge on any atom is 0.262 e. The molecule has 3 nitrogen and oxygen atoms in total. The Morgan fingerprint density at radius 1 is 1.39 bits per heavy atom. The lowest BCUT2D eigenvalue weighted by Gasteiger charge is -2.09. The fraction of sp³-hybridized carbons (Fsp3) is 0.250. The lowest BCUT2D eigenvalue weighted by molar-refractivity contribution is 0.617. The van der Waals surface area contributed by atoms with Crippen LogP contribution in [0.5, 0.6) is 0 Å². The lowest BCUT2D eigenvalue weighted by Crippen LogP contribution is -2.19. The fourth-order valence-electron chi connectivity index (χ4n) is 2.29. The summed E-state index contributed by atoms with van der Waals surface area (Å²) >= 11 is 8.86. The van der Waals surface area contributed by atoms with Crippen LogP contribution in [-0.2, 0) is 12.8 Å². The number of rotatable bonds is 3. The molecular weight excluding hydrogens is 355 g/mol. The van der Waals surface area contributed by atoms with Crippen LogP contribution < -0.4 is 5.56 Å². The van der Waals surface area contributed by atoms with Crippen LogP contribution >= 0.6 is 34.7 Å². The van der Waals surface area contributed by atoms with Crippen molar-refractivity contribution >= 4 is 44.9 Å². The van der Waals surface area contributed by atoms with Crippen LogP contribution in [0, 0.1) is 19.7 Å². The van der Waals surface area contributed by atoms with Gasteiger partial charge in [-0.15, -0.1) is 11.3 Å². The molecule has 2 heterocycles. The summed E-state index contributed by atoms with van der Waals surface area (Å²) in [5.41, 5.74) is 1.33. The van der Waals surface area contributed by atoms with Crippen LogP contribution in [0.3, 0.4) is 0 Å². The van der Waals surface area contributed by atoms with Gasteiger partial charge in [0.2, 0.25) is 0 Å². The van der Waals surface area contributed by atoms with E-state index < -0.39 is 0 Å². The Morgan fingerprint density at radius 2 is 2.13 bits per heavy atom. The van der Waals surface area contributed by atoms with E-state index in [-0.39, 0.29) is 11.4 Å². The zero-order chi connectivity index (χ0) is 16.7. The maximum absolute atomic E-state index is 13.9. The predicted molar refractivity (Wildman–Crippen MR) is 95.3 cm³/mol. The third kappa shape index (κ3) is 2.91. The third-order valence-corrected chi connectivity index (χ3v) is 6.29. The third-order valence-electron chi connectivity index (χ3n) is 3.78. The van der Waals surface area contributed by atoms with Gasteiger partial charge >= 0.3 is 0 Å². The Hall–Kier alpha value is -1.37. The molecule has 0 aliphatic carbocycles. The Kier molecular flexibility index (Phi) is 4.49. The van der Waals surface area contributed by atoms with Crippen molar-refractivity contribution in [2.45, 2.75) is 24.8 Å². The number of hydrogen-bond acceptors (Lipinski definition) is 4. The van der Waals surface area contributed by atoms with Crippen molar-refractivity contribution in [1.29, 1.82) is 0 Å². The van der Waals surface area contributed by atoms with Crippen molar-refractivity contribution < 1.29 is 4.39 Å². The molecule has 0 saturated heterocycles. The summed E-state index contributed by atoms with van der Waals surface area (Å²) in [6.45, 7) is 3.91. The molecule has 3 rings (SSSR count). The molecule has 1 aromatic carbocycles. The van der Waals surface area contributed by atoms with Crippen molar-refractivity contribution in [2.75, 3.05) is 0 Å². The lowest BCUT2D eigenvalue weighted by atomic mass is 10.2. The number of thiophene rings is 1. The minimum atomic E-state index is -0.348. The average Bonchev–Trinajstić information content (AvgIpc) is 2.78. The summed E-state index contributed by atoms with van der Waals surface area (Å²) in [7, 11) is 1.69. The van der Waals surface area contributed by atoms with Gasteiger partial charge in [0, 0.05) is 28.3 Å². The number of hydrogen-bond donors (Lipinski definition) is 0. The van der Waals surface area contributed by atoms with Gasteiger partial charge in [-0.2, -0.15) is 0 Å². The van der Waals surface area contributed by atoms with E-state index in [1.165, 1.54) is 33.7 Å². The molecule has 3 aromatic rings. The van der Waals surface area contributed by atoms with Crippen LogP contribution in [0.1, 0.15) is 16.0 Å². The monoisotopic (exact) mass is 368 g/mol. The molecule has 0 aliphatic rings. The van der Waals surface area contributed by atoms with E-state index in [1.54, 1.807) is 19.2 Å². The second-order valence-corrected chi connectivity index (χ2v) is 7.76. The van der Waals surface area contributed by atoms with Crippen LogP contribution in [-0.4, -0.2) is 9.55 Å². The van der Waals surface area contributed by atoms with Gasteiger partial charge < -0.3 is 0 Å². The highest BCUT2D eigenvalue weighted by molar-refractivity contribution is 7.98. The normalized spacial score (nSPS) is 11.3. The molecule has 2 aromatic heterocycles. The molecule has 23 heavy (non-hydrogen) atoms. The maximum atomic E-state index is 13.9. The van der Waals surface area contributed by atoms with Gasteiger partial charge in [0.25, 0.3) is 5.56 Å². The Balaban J connectivity index is 2.01. The minimum Gasteiger partial charge on any atom is -0.290 e. The molecule has 0 aliphatic heterocycles. The Labute approximate surface area is 146 Å². The molecule has 0 amide bonds. The molecular formula is C16H14ClFN2OS2. The summed E-state index contributed by atoms with van der Waals surface area (Å²) in [6, 6.07) is 4.61. The van der Waals surface area contributed by atoms with Gasteiger partial charge in [-0.25, -0.2) is 9.37 Å². The molecule has 0 atom stereocenters. The fourth-order valence-corrected chi connectivity index (χ4v) is 4.68. The summed E-state index contributed by atoms with van der Waals surface area (Å²) in [6.07, 6.45) is 0. The minimum absolute atomic E-state index is 0.0704. The molecule has 120 valence electrons. The Bertz CT molecular complexity index is 945. The molecule has 0 saturated carbocycles. The summed E-state index contributed by atoms with van der Waals surface area (Å²) in [4.78, 5) is 18.9. The first kappa shape index (κ1) is 16.5. The van der Waals surface area contributed by atoms with Gasteiger partial charge in [0.1, 0.15) is 10.6 Å². The van der Waals surface area contributed by atoms with Crippen LogP contribution in [0.25, 0.3) is 10.2 Å². The molecule has 0 fully saturated rings. The summed E-state index contributed by atoms with van der Waals surface area (Å²) in [5, 5.41) is 1.61. The highest BCUT2D eigenvalue weighted by atomic mass is 35.5. The second-order valence-electron chi connectivity index (χ2n) is 5.21. The topological polar surface area (TPSA) is 34.9 Å². The first-order valence-corrected chi connectivity index (χ1v) is 9.10. The van der Waals surface area contributed by atoms with Gasteiger partial charge in [-0.05, 0) is 31.5 Å². The zero-order valence-electron chi connectivity index (χ0n) is 12.8. The Morgan fingerprint density at radius 3 is 2.83 bits per heavy atom. The van der Waals surface area contributed by atoms with Crippen LogP contribution in [0.4, 0.5) is 4.39 Å². The number of thioether (sulfide) groups is 1. The van der Waals surface area contributed by atoms with E-state index in [4.69, 9.17) is 11.6 Å². The highest BCUT2D eigenvalue weighted by Crippen LogP contribution is 2.30. The first-order valence-electron chi connectivity index (χ1n) is 6.92. The zero-order valence-corrected chi connectivity index (χ0v) is 15.2. The number of aryl methyl sites for hydroxylation is 2. The van der Waals surface area contributed by atoms with E-state index in [0.29, 0.717) is 26.9 Å². The van der Waals surface area contributed by atoms with Crippen LogP contribution in [0.2, 0.25) is 5.02 Å². The molecule has 7 heteroatoms. The predicted octanol–water partition coefficient (Wildman–Crippen LogP) is 4.70. The molecule has 0 spiro atoms. The van der Waals surface area contributed by atoms with Gasteiger partial charge in [-0.1, -0.05) is 29.4 Å². The summed E-state index contributed by atoms with van der Waals surface area (Å²) in [5.74, 6) is -0.0282. The molecule has 0 N–H and O–H groups in total. The van der Waals surface area contributed by atoms with Crippen molar-refractivity contribution in [3.8, 4) is 0 Å². The molecule has 0 bridgehead atoms. The van der Waals surface area contributed by atoms with Crippen molar-refractivity contribution in [3.63, 3.8) is 0 Å². The first-order chi connectivity index (χ1) is 10.9. The van der Waals surface area contributed by atoms with Crippen molar-refractivity contribution in [2.24, 2.45) is 7.05 Å². The van der Waals surface area contributed by atoms with Gasteiger partial charge in [0.15, 0.2) is 5.16 Å². The van der Waals surface area contributed by atoms with E-state index >= 15 is 0 Å². The number of benzene rings is 1. The SMILES string of the molecule is Cc1sc2nc(SCc3c(F)cccc3Cl)n(C)c(=O)c2c1C. The van der Waals surface area contributed by atoms with Gasteiger partial charge in [0.05, 0.1) is 5.39 Å². The number of halogens is 2. The highest BCUT2D eigenvalue weighted by Gasteiger charge is 2.16. The largest absolute Gasteiger partial charge is 0.290 e. The van der Waals surface area contributed by atoms with E-state index in [2.05, 4.69) is 4.98 Å². The molecule has 0 unspecified atom stereocenters. The quantitative estimate of drug-likeness (QED) is 0.496. The summed E-state index contributed by atoms with van der Waals surface area (Å²) < 4.78 is 15.4. The van der Waals surface area contributed by atoms with E-state index in [1.807, 2.05) is 13.8 Å². The number of fused-ring (bicyclic) bond motifs is 1. The standard InChI is InChI=1S/C16H14ClFN2OS2/c1-8-9(2)23-14-13(8)15(21)20(3)16(19-14)22-7-10-11(17)5-4-6-12(10)18/h4-6H,7H2,1-3H3. The van der Waals surface area contributed by atoms with Crippen molar-refractivity contribution in [3.05, 3.63) is 55.4 Å². The molecule has 0 radical (unpaired) electrons. The number of nitrogens with zero attached hydrogens (tertiary/aromatic N) is 2. The van der Waals surface area contributed by atoms with Crippen molar-refractivity contribution in [1.82, 2.24) is 9.55 Å². The van der Waals surface area contributed by atoms with Gasteiger partial charge in [-0.3, -0.25) is 9.36 Å². The second kappa shape index (κ2) is 6.26. The average molecular weight is 369 g/mol. The van der Waals surface area contributed by atoms with E-state index in [0.717, 1.165) is 15.3 Å². The number of aromatic nitrogens is 2. The smallest absolute Gasteiger partial charge is 0.262 e. The van der Waals surface area contributed by atoms with Crippen LogP contribution in [0.15, 0.2) is 28.2 Å². The van der Waals surface area contributed by atoms with E-state index in [9.17, 15) is 9.18 Å².